The van der Waals surface area contributed by atoms with Crippen molar-refractivity contribution >= 4 is 33.7 Å². The number of benzene rings is 3. The van der Waals surface area contributed by atoms with Crippen molar-refractivity contribution in [3.05, 3.63) is 100 Å². The van der Waals surface area contributed by atoms with Gasteiger partial charge in [0.15, 0.2) is 0 Å². The average Bonchev–Trinajstić information content (AvgIpc) is 3.15. The lowest BCUT2D eigenvalue weighted by Gasteiger charge is -2.17. The summed E-state index contributed by atoms with van der Waals surface area (Å²) >= 11 is 6.41. The van der Waals surface area contributed by atoms with Crippen molar-refractivity contribution in [2.75, 3.05) is 0 Å². The van der Waals surface area contributed by atoms with Crippen molar-refractivity contribution < 1.29 is 4.39 Å². The first kappa shape index (κ1) is 17.5. The van der Waals surface area contributed by atoms with Gasteiger partial charge in [-0.25, -0.2) is 4.39 Å². The number of aromatic amines is 1. The second kappa shape index (κ2) is 7.37. The Morgan fingerprint density at radius 2 is 1.81 bits per heavy atom. The molecule has 0 fully saturated rings. The standard InChI is InChI=1S/C23H18ClFN2/c1-2-19(20-10-9-18(25)13-21(20)24)23(15-6-4-3-5-7-15)16-8-11-22-17(12-16)14-26-27-22/h3-14H,2H2,1H3,(H,26,27)/b23-19+. The van der Waals surface area contributed by atoms with Gasteiger partial charge in [-0.15, -0.1) is 0 Å². The van der Waals surface area contributed by atoms with Gasteiger partial charge in [-0.2, -0.15) is 5.10 Å². The van der Waals surface area contributed by atoms with Crippen LogP contribution in [0.5, 0.6) is 0 Å². The molecule has 0 saturated heterocycles. The van der Waals surface area contributed by atoms with Gasteiger partial charge < -0.3 is 0 Å². The highest BCUT2D eigenvalue weighted by atomic mass is 35.5. The molecule has 4 rings (SSSR count). The van der Waals surface area contributed by atoms with Crippen LogP contribution in [0.2, 0.25) is 5.02 Å². The van der Waals surface area contributed by atoms with Crippen molar-refractivity contribution in [1.82, 2.24) is 10.2 Å². The number of aromatic nitrogens is 2. The van der Waals surface area contributed by atoms with Gasteiger partial charge in [0.1, 0.15) is 5.82 Å². The molecule has 27 heavy (non-hydrogen) atoms. The van der Waals surface area contributed by atoms with Crippen molar-refractivity contribution in [2.45, 2.75) is 13.3 Å². The summed E-state index contributed by atoms with van der Waals surface area (Å²) < 4.78 is 13.6. The summed E-state index contributed by atoms with van der Waals surface area (Å²) in [6.07, 6.45) is 2.58. The first-order valence-electron chi connectivity index (χ1n) is 8.85. The number of halogens is 2. The Bertz CT molecular complexity index is 1130. The number of fused-ring (bicyclic) bond motifs is 1. The summed E-state index contributed by atoms with van der Waals surface area (Å²) in [6, 6.07) is 21.0. The zero-order valence-corrected chi connectivity index (χ0v) is 15.6. The number of H-pyrrole nitrogens is 1. The highest BCUT2D eigenvalue weighted by molar-refractivity contribution is 6.32. The molecule has 1 N–H and O–H groups in total. The molecule has 4 heteroatoms. The van der Waals surface area contributed by atoms with Gasteiger partial charge in [-0.3, -0.25) is 5.10 Å². The van der Waals surface area contributed by atoms with Crippen LogP contribution in [0, 0.1) is 5.82 Å². The van der Waals surface area contributed by atoms with Crippen molar-refractivity contribution in [3.63, 3.8) is 0 Å². The summed E-state index contributed by atoms with van der Waals surface area (Å²) in [6.45, 7) is 2.09. The Morgan fingerprint density at radius 1 is 1.00 bits per heavy atom. The van der Waals surface area contributed by atoms with Gasteiger partial charge >= 0.3 is 0 Å². The smallest absolute Gasteiger partial charge is 0.124 e. The van der Waals surface area contributed by atoms with E-state index in [1.807, 2.05) is 30.5 Å². The minimum absolute atomic E-state index is 0.333. The van der Waals surface area contributed by atoms with Crippen molar-refractivity contribution in [3.8, 4) is 0 Å². The minimum atomic E-state index is -0.333. The largest absolute Gasteiger partial charge is 0.278 e. The zero-order valence-electron chi connectivity index (χ0n) is 14.8. The molecule has 0 aliphatic carbocycles. The Balaban J connectivity index is 2.02. The van der Waals surface area contributed by atoms with Gasteiger partial charge in [-0.1, -0.05) is 61.0 Å². The number of nitrogens with one attached hydrogen (secondary N) is 1. The van der Waals surface area contributed by atoms with E-state index in [0.29, 0.717) is 5.02 Å². The summed E-state index contributed by atoms with van der Waals surface area (Å²) in [7, 11) is 0. The van der Waals surface area contributed by atoms with E-state index in [1.54, 1.807) is 6.07 Å². The van der Waals surface area contributed by atoms with Gasteiger partial charge in [0.2, 0.25) is 0 Å². The molecule has 0 aliphatic rings. The Hall–Kier alpha value is -2.91. The molecule has 134 valence electrons. The van der Waals surface area contributed by atoms with E-state index >= 15 is 0 Å². The van der Waals surface area contributed by atoms with Gasteiger partial charge in [-0.05, 0) is 58.5 Å². The molecule has 4 aromatic rings. The SMILES string of the molecule is CC/C(=C(/c1ccccc1)c1ccc2[nH]ncc2c1)c1ccc(F)cc1Cl. The molecule has 3 aromatic carbocycles. The average molecular weight is 377 g/mol. The number of rotatable bonds is 4. The van der Waals surface area contributed by atoms with Crippen LogP contribution < -0.4 is 0 Å². The highest BCUT2D eigenvalue weighted by Crippen LogP contribution is 2.37. The lowest BCUT2D eigenvalue weighted by atomic mass is 9.88. The topological polar surface area (TPSA) is 28.7 Å². The van der Waals surface area contributed by atoms with Crippen molar-refractivity contribution in [1.29, 1.82) is 0 Å². The summed E-state index contributed by atoms with van der Waals surface area (Å²) in [4.78, 5) is 0. The third kappa shape index (κ3) is 3.38. The van der Waals surface area contributed by atoms with E-state index in [9.17, 15) is 4.39 Å². The first-order chi connectivity index (χ1) is 13.2. The molecule has 1 aromatic heterocycles. The van der Waals surface area contributed by atoms with Crippen molar-refractivity contribution in [2.24, 2.45) is 0 Å². The molecule has 2 nitrogen and oxygen atoms in total. The van der Waals surface area contributed by atoms with E-state index < -0.39 is 0 Å². The fraction of sp³-hybridized carbons (Fsp3) is 0.0870. The molecule has 0 atom stereocenters. The number of hydrogen-bond acceptors (Lipinski definition) is 1. The lowest BCUT2D eigenvalue weighted by molar-refractivity contribution is 0.628. The van der Waals surface area contributed by atoms with E-state index in [4.69, 9.17) is 11.6 Å². The lowest BCUT2D eigenvalue weighted by Crippen LogP contribution is -1.96. The van der Waals surface area contributed by atoms with E-state index in [1.165, 1.54) is 12.1 Å². The predicted octanol–water partition coefficient (Wildman–Crippen LogP) is 6.72. The Labute approximate surface area is 162 Å². The molecule has 0 saturated carbocycles. The quantitative estimate of drug-likeness (QED) is 0.393. The van der Waals surface area contributed by atoms with Crippen LogP contribution in [0.4, 0.5) is 4.39 Å². The summed E-state index contributed by atoms with van der Waals surface area (Å²) in [5, 5.41) is 8.57. The third-order valence-electron chi connectivity index (χ3n) is 4.70. The third-order valence-corrected chi connectivity index (χ3v) is 5.02. The Morgan fingerprint density at radius 3 is 2.56 bits per heavy atom. The fourth-order valence-electron chi connectivity index (χ4n) is 3.45. The van der Waals surface area contributed by atoms with E-state index in [0.717, 1.165) is 45.2 Å². The van der Waals surface area contributed by atoms with E-state index in [2.05, 4.69) is 41.4 Å². The molecular weight excluding hydrogens is 359 g/mol. The summed E-state index contributed by atoms with van der Waals surface area (Å²) in [5.74, 6) is -0.333. The van der Waals surface area contributed by atoms with Crippen LogP contribution >= 0.6 is 11.6 Å². The Kier molecular flexibility index (Phi) is 4.78. The molecule has 0 amide bonds. The number of nitrogens with zero attached hydrogens (tertiary/aromatic N) is 1. The second-order valence-corrected chi connectivity index (χ2v) is 6.78. The van der Waals surface area contributed by atoms with Gasteiger partial charge in [0.05, 0.1) is 16.7 Å². The maximum Gasteiger partial charge on any atom is 0.124 e. The maximum absolute atomic E-state index is 13.6. The first-order valence-corrected chi connectivity index (χ1v) is 9.22. The van der Waals surface area contributed by atoms with E-state index in [-0.39, 0.29) is 5.82 Å². The molecule has 0 unspecified atom stereocenters. The minimum Gasteiger partial charge on any atom is -0.278 e. The molecule has 0 bridgehead atoms. The molecule has 1 heterocycles. The number of hydrogen-bond donors (Lipinski definition) is 1. The normalized spacial score (nSPS) is 12.3. The van der Waals surface area contributed by atoms with Crippen LogP contribution in [-0.2, 0) is 0 Å². The second-order valence-electron chi connectivity index (χ2n) is 6.37. The monoisotopic (exact) mass is 376 g/mol. The van der Waals surface area contributed by atoms with Crippen LogP contribution in [0.25, 0.3) is 22.0 Å². The number of allylic oxidation sites excluding steroid dienone is 1. The van der Waals surface area contributed by atoms with Crippen LogP contribution in [0.3, 0.4) is 0 Å². The molecule has 0 spiro atoms. The van der Waals surface area contributed by atoms with Crippen LogP contribution in [-0.4, -0.2) is 10.2 Å². The highest BCUT2D eigenvalue weighted by Gasteiger charge is 2.16. The predicted molar refractivity (Wildman–Crippen MR) is 110 cm³/mol. The zero-order chi connectivity index (χ0) is 18.8. The van der Waals surface area contributed by atoms with Gasteiger partial charge in [0.25, 0.3) is 0 Å². The summed E-state index contributed by atoms with van der Waals surface area (Å²) in [5.41, 5.74) is 6.18. The van der Waals surface area contributed by atoms with Crippen LogP contribution in [0.15, 0.2) is 72.9 Å². The van der Waals surface area contributed by atoms with Gasteiger partial charge in [0, 0.05) is 5.39 Å². The van der Waals surface area contributed by atoms with Crippen LogP contribution in [0.1, 0.15) is 30.0 Å². The maximum atomic E-state index is 13.6. The molecular formula is C23H18ClFN2. The molecule has 0 radical (unpaired) electrons. The fourth-order valence-corrected chi connectivity index (χ4v) is 3.74. The molecule has 0 aliphatic heterocycles.